The lowest BCUT2D eigenvalue weighted by Gasteiger charge is -3.07. The molecule has 5 heteroatoms. The summed E-state index contributed by atoms with van der Waals surface area (Å²) in [6, 6.07) is 0. The molecule has 0 aromatic heterocycles. The van der Waals surface area contributed by atoms with Crippen molar-refractivity contribution in [1.82, 2.24) is 0 Å². The van der Waals surface area contributed by atoms with Crippen LogP contribution >= 0.6 is 39.6 Å². The smallest absolute Gasteiger partial charge is 0.0447 e. The minimum atomic E-state index is 0.232. The molecular formula is C20H37P5. The first-order chi connectivity index (χ1) is 10.9. The molecular weight excluding hydrogens is 395 g/mol. The maximum absolute atomic E-state index is 2.65. The van der Waals surface area contributed by atoms with Gasteiger partial charge in [-0.1, -0.05) is 123 Å². The van der Waals surface area contributed by atoms with Gasteiger partial charge in [-0.15, -0.1) is 0 Å². The van der Waals surface area contributed by atoms with Gasteiger partial charge < -0.3 is 0 Å². The van der Waals surface area contributed by atoms with Crippen molar-refractivity contribution in [3.8, 4) is 0 Å². The van der Waals surface area contributed by atoms with Crippen molar-refractivity contribution in [2.24, 2.45) is 21.7 Å². The zero-order valence-electron chi connectivity index (χ0n) is 18.3. The van der Waals surface area contributed by atoms with Gasteiger partial charge in [-0.05, 0) is 21.7 Å². The molecule has 5 unspecified atom stereocenters. The first-order valence-corrected chi connectivity index (χ1v) is 17.1. The highest BCUT2D eigenvalue weighted by atomic mass is 32.1. The minimum absolute atomic E-state index is 0.232. The van der Waals surface area contributed by atoms with Gasteiger partial charge in [-0.2, -0.15) is 0 Å². The molecule has 0 radical (unpaired) electrons. The van der Waals surface area contributed by atoms with Gasteiger partial charge in [0.05, 0.1) is 0 Å². The molecule has 0 aliphatic carbocycles. The van der Waals surface area contributed by atoms with E-state index in [9.17, 15) is 0 Å². The quantitative estimate of drug-likeness (QED) is 0.335. The van der Waals surface area contributed by atoms with Crippen LogP contribution in [0.3, 0.4) is 0 Å². The maximum Gasteiger partial charge on any atom is 0.0447 e. The summed E-state index contributed by atoms with van der Waals surface area (Å²) in [5.41, 5.74) is 2.22. The molecule has 142 valence electrons. The molecule has 25 heavy (non-hydrogen) atoms. The third-order valence-corrected chi connectivity index (χ3v) is 44.4. The lowest BCUT2D eigenvalue weighted by atomic mass is 9.96. The Kier molecular flexibility index (Phi) is 3.17. The molecule has 6 rings (SSSR count). The molecule has 6 aliphatic rings. The summed E-state index contributed by atoms with van der Waals surface area (Å²) < 4.78 is 3.39. The highest BCUT2D eigenvalue weighted by Crippen LogP contribution is 3.50. The molecule has 6 aliphatic heterocycles. The third-order valence-electron chi connectivity index (χ3n) is 7.79. The normalized spacial score (nSPS) is 59.0. The standard InChI is InChI=1S/C20H37P5/c1-13(2,3)17-21-25-19(15(7,8)9)22(17)18(14(4,5)6)23(17)20(25,24(18)19)16(10,11)12/h21H,1-12H3. The number of hydrogen-bond donors (Lipinski definition) is 0. The van der Waals surface area contributed by atoms with Gasteiger partial charge in [-0.3, -0.25) is 0 Å². The minimum Gasteiger partial charge on any atom is -0.0774 e. The van der Waals surface area contributed by atoms with Crippen LogP contribution in [0.5, 0.6) is 0 Å². The fourth-order valence-corrected chi connectivity index (χ4v) is 66.1. The Labute approximate surface area is 162 Å². The lowest BCUT2D eigenvalue weighted by Crippen LogP contribution is -2.86. The highest BCUT2D eigenvalue weighted by Gasteiger charge is 3.16. The van der Waals surface area contributed by atoms with Crippen molar-refractivity contribution in [2.45, 2.75) is 102 Å². The van der Waals surface area contributed by atoms with E-state index in [1.807, 2.05) is 0 Å². The van der Waals surface area contributed by atoms with Gasteiger partial charge in [-0.25, -0.2) is 0 Å². The van der Waals surface area contributed by atoms with Crippen LogP contribution in [0.2, 0.25) is 0 Å². The van der Waals surface area contributed by atoms with E-state index in [0.717, 1.165) is 18.6 Å². The Hall–Kier alpha value is 2.15. The molecule has 0 spiro atoms. The zero-order valence-corrected chi connectivity index (χ0v) is 22.9. The molecule has 0 nitrogen and oxygen atoms in total. The van der Waals surface area contributed by atoms with E-state index < -0.39 is 0 Å². The van der Waals surface area contributed by atoms with E-state index in [1.54, 1.807) is 0 Å². The van der Waals surface area contributed by atoms with E-state index in [1.165, 1.54) is 8.27 Å². The van der Waals surface area contributed by atoms with Crippen molar-refractivity contribution in [3.63, 3.8) is 0 Å². The average Bonchev–Trinajstić information content (AvgIpc) is 2.54. The predicted octanol–water partition coefficient (Wildman–Crippen LogP) is 9.38. The lowest BCUT2D eigenvalue weighted by molar-refractivity contribution is 0.284. The van der Waals surface area contributed by atoms with Crippen molar-refractivity contribution in [3.05, 3.63) is 0 Å². The molecule has 0 amide bonds. The Morgan fingerprint density at radius 3 is 1.12 bits per heavy atom. The van der Waals surface area contributed by atoms with Crippen LogP contribution in [0.15, 0.2) is 0 Å². The second kappa shape index (κ2) is 4.15. The fraction of sp³-hybridized carbons (Fsp3) is 1.00. The first-order valence-electron chi connectivity index (χ1n) is 9.93. The van der Waals surface area contributed by atoms with E-state index in [0.29, 0.717) is 21.7 Å². The summed E-state index contributed by atoms with van der Waals surface area (Å²) in [5.74, 6) is 0. The van der Waals surface area contributed by atoms with Gasteiger partial charge in [0.2, 0.25) is 0 Å². The summed E-state index contributed by atoms with van der Waals surface area (Å²) in [5, 5.41) is 0. The molecule has 0 saturated carbocycles. The monoisotopic (exact) mass is 432 g/mol. The Balaban J connectivity index is 1.81. The second-order valence-corrected chi connectivity index (χ2v) is 30.4. The Morgan fingerprint density at radius 2 is 0.840 bits per heavy atom. The van der Waals surface area contributed by atoms with Crippen LogP contribution in [0, 0.1) is 21.7 Å². The van der Waals surface area contributed by atoms with Gasteiger partial charge in [0, 0.05) is 18.6 Å². The molecule has 6 saturated heterocycles. The van der Waals surface area contributed by atoms with Gasteiger partial charge >= 0.3 is 0 Å². The third kappa shape index (κ3) is 1.28. The Morgan fingerprint density at radius 1 is 0.480 bits per heavy atom. The topological polar surface area (TPSA) is 0 Å². The van der Waals surface area contributed by atoms with Crippen LogP contribution in [0.4, 0.5) is 0 Å². The second-order valence-electron chi connectivity index (χ2n) is 13.0. The molecule has 5 atom stereocenters. The van der Waals surface area contributed by atoms with Crippen molar-refractivity contribution < 1.29 is 0 Å². The van der Waals surface area contributed by atoms with Gasteiger partial charge in [0.1, 0.15) is 0 Å². The molecule has 0 N–H and O–H groups in total. The molecule has 0 aromatic carbocycles. The van der Waals surface area contributed by atoms with Crippen LogP contribution in [-0.2, 0) is 0 Å². The predicted molar refractivity (Wildman–Crippen MR) is 125 cm³/mol. The summed E-state index contributed by atoms with van der Waals surface area (Å²) in [6.45, 7) is 31.7. The van der Waals surface area contributed by atoms with E-state index >= 15 is 0 Å². The van der Waals surface area contributed by atoms with Crippen LogP contribution in [0.1, 0.15) is 83.1 Å². The maximum atomic E-state index is 2.65. The van der Waals surface area contributed by atoms with E-state index in [-0.39, 0.29) is 31.4 Å². The molecule has 0 aromatic rings. The molecule has 6 fully saturated rings. The molecule has 6 heterocycles. The fourth-order valence-electron chi connectivity index (χ4n) is 7.30. The summed E-state index contributed by atoms with van der Waals surface area (Å²) in [4.78, 5) is 0. The van der Waals surface area contributed by atoms with E-state index in [4.69, 9.17) is 0 Å². The summed E-state index contributed by atoms with van der Waals surface area (Å²) in [6.07, 6.45) is 0. The highest BCUT2D eigenvalue weighted by molar-refractivity contribution is 8.61. The SMILES string of the molecule is CC(C)(C)C12PP3C4(C(C)(C)C)P1C1(C(C)(C)C)P2C3(C(C)(C)C)P41. The Bertz CT molecular complexity index is 637. The first kappa shape index (κ1) is 19.1. The van der Waals surface area contributed by atoms with E-state index in [2.05, 4.69) is 83.1 Å². The van der Waals surface area contributed by atoms with Crippen molar-refractivity contribution in [1.29, 1.82) is 0 Å². The molecule has 2 bridgehead atoms. The number of hydrogen-bond acceptors (Lipinski definition) is 0. The summed E-state index contributed by atoms with van der Waals surface area (Å²) in [7, 11) is 2.35. The van der Waals surface area contributed by atoms with Gasteiger partial charge in [0.25, 0.3) is 0 Å². The summed E-state index contributed by atoms with van der Waals surface area (Å²) >= 11 is 0. The zero-order chi connectivity index (χ0) is 19.0. The van der Waals surface area contributed by atoms with Crippen LogP contribution in [0.25, 0.3) is 0 Å². The van der Waals surface area contributed by atoms with Crippen LogP contribution in [-0.4, -0.2) is 18.6 Å². The average molecular weight is 432 g/mol. The number of rotatable bonds is 0. The van der Waals surface area contributed by atoms with Gasteiger partial charge in [0.15, 0.2) is 0 Å². The largest absolute Gasteiger partial charge is 0.0774 e. The van der Waals surface area contributed by atoms with Crippen molar-refractivity contribution >= 4 is 39.6 Å². The van der Waals surface area contributed by atoms with Crippen LogP contribution < -0.4 is 0 Å². The van der Waals surface area contributed by atoms with Crippen molar-refractivity contribution in [2.75, 3.05) is 0 Å².